The highest BCUT2D eigenvalue weighted by Crippen LogP contribution is 2.00. The fraction of sp³-hybridized carbons (Fsp3) is 0.917. The van der Waals surface area contributed by atoms with Gasteiger partial charge < -0.3 is 20.5 Å². The molecule has 0 heterocycles. The molecular weight excluding hydrogens is 234 g/mol. The minimum absolute atomic E-state index is 0.0141. The summed E-state index contributed by atoms with van der Waals surface area (Å²) in [5.74, 6) is 0.0141. The lowest BCUT2D eigenvalue weighted by Gasteiger charge is -2.27. The molecule has 0 saturated heterocycles. The molecule has 0 radical (unpaired) electrons. The minimum atomic E-state index is -0.177. The standard InChI is InChI=1S/C12H27N3O3/c1-11(12(16)14-6-9-17-2)15(7-4-5-13)8-10-18-3/h11H,4-10,13H2,1-3H3,(H,14,16). The maximum atomic E-state index is 11.9. The van der Waals surface area contributed by atoms with Crippen LogP contribution in [-0.4, -0.2) is 70.5 Å². The SMILES string of the molecule is COCCNC(=O)C(C)N(CCCN)CCOC. The summed E-state index contributed by atoms with van der Waals surface area (Å²) in [6, 6.07) is -0.177. The Labute approximate surface area is 110 Å². The number of hydrogen-bond acceptors (Lipinski definition) is 5. The molecule has 0 aliphatic rings. The van der Waals surface area contributed by atoms with Crippen LogP contribution in [0.4, 0.5) is 0 Å². The Morgan fingerprint density at radius 2 is 1.94 bits per heavy atom. The quantitative estimate of drug-likeness (QED) is 0.487. The molecule has 0 aromatic carbocycles. The monoisotopic (exact) mass is 261 g/mol. The Morgan fingerprint density at radius 3 is 2.50 bits per heavy atom. The van der Waals surface area contributed by atoms with Gasteiger partial charge in [0, 0.05) is 33.9 Å². The van der Waals surface area contributed by atoms with E-state index in [9.17, 15) is 4.79 Å². The first-order valence-electron chi connectivity index (χ1n) is 6.37. The van der Waals surface area contributed by atoms with Gasteiger partial charge >= 0.3 is 0 Å². The largest absolute Gasteiger partial charge is 0.383 e. The van der Waals surface area contributed by atoms with E-state index in [1.807, 2.05) is 6.92 Å². The first-order chi connectivity index (χ1) is 8.67. The summed E-state index contributed by atoms with van der Waals surface area (Å²) in [7, 11) is 3.27. The molecule has 0 aromatic heterocycles. The van der Waals surface area contributed by atoms with Crippen LogP contribution >= 0.6 is 0 Å². The zero-order valence-corrected chi connectivity index (χ0v) is 11.8. The minimum Gasteiger partial charge on any atom is -0.383 e. The highest BCUT2D eigenvalue weighted by atomic mass is 16.5. The van der Waals surface area contributed by atoms with Crippen molar-refractivity contribution in [2.45, 2.75) is 19.4 Å². The normalized spacial score (nSPS) is 12.7. The van der Waals surface area contributed by atoms with Crippen LogP contribution in [0.3, 0.4) is 0 Å². The van der Waals surface area contributed by atoms with E-state index in [0.29, 0.717) is 26.3 Å². The Morgan fingerprint density at radius 1 is 1.28 bits per heavy atom. The zero-order valence-electron chi connectivity index (χ0n) is 11.8. The fourth-order valence-corrected chi connectivity index (χ4v) is 1.59. The lowest BCUT2D eigenvalue weighted by molar-refractivity contribution is -0.126. The predicted molar refractivity (Wildman–Crippen MR) is 71.5 cm³/mol. The third kappa shape index (κ3) is 7.60. The molecule has 1 atom stereocenters. The van der Waals surface area contributed by atoms with Crippen LogP contribution in [0.25, 0.3) is 0 Å². The number of ether oxygens (including phenoxy) is 2. The molecular formula is C12H27N3O3. The molecule has 0 spiro atoms. The number of amides is 1. The Hall–Kier alpha value is -0.690. The van der Waals surface area contributed by atoms with Gasteiger partial charge in [-0.2, -0.15) is 0 Å². The number of rotatable bonds is 11. The van der Waals surface area contributed by atoms with Crippen LogP contribution in [0.5, 0.6) is 0 Å². The van der Waals surface area contributed by atoms with Gasteiger partial charge in [0.2, 0.25) is 5.91 Å². The Kier molecular flexibility index (Phi) is 11.0. The van der Waals surface area contributed by atoms with Gasteiger partial charge in [-0.25, -0.2) is 0 Å². The van der Waals surface area contributed by atoms with E-state index >= 15 is 0 Å². The van der Waals surface area contributed by atoms with Crippen molar-refractivity contribution in [1.82, 2.24) is 10.2 Å². The highest BCUT2D eigenvalue weighted by molar-refractivity contribution is 5.81. The van der Waals surface area contributed by atoms with Crippen molar-refractivity contribution in [3.63, 3.8) is 0 Å². The second-order valence-electron chi connectivity index (χ2n) is 4.13. The number of nitrogens with one attached hydrogen (secondary N) is 1. The summed E-state index contributed by atoms with van der Waals surface area (Å²) in [5, 5.41) is 2.84. The van der Waals surface area contributed by atoms with Crippen LogP contribution in [0.2, 0.25) is 0 Å². The topological polar surface area (TPSA) is 76.8 Å². The summed E-state index contributed by atoms with van der Waals surface area (Å²) >= 11 is 0. The summed E-state index contributed by atoms with van der Waals surface area (Å²) in [4.78, 5) is 14.0. The number of methoxy groups -OCH3 is 2. The van der Waals surface area contributed by atoms with Crippen molar-refractivity contribution in [2.24, 2.45) is 5.73 Å². The van der Waals surface area contributed by atoms with E-state index in [4.69, 9.17) is 15.2 Å². The van der Waals surface area contributed by atoms with Crippen molar-refractivity contribution < 1.29 is 14.3 Å². The van der Waals surface area contributed by atoms with Gasteiger partial charge in [0.05, 0.1) is 19.3 Å². The summed E-state index contributed by atoms with van der Waals surface area (Å²) < 4.78 is 9.95. The number of hydrogen-bond donors (Lipinski definition) is 2. The summed E-state index contributed by atoms with van der Waals surface area (Å²) in [5.41, 5.74) is 5.50. The number of carbonyl (C=O) groups excluding carboxylic acids is 1. The lowest BCUT2D eigenvalue weighted by atomic mass is 10.2. The van der Waals surface area contributed by atoms with Crippen molar-refractivity contribution in [1.29, 1.82) is 0 Å². The molecule has 0 rings (SSSR count). The van der Waals surface area contributed by atoms with Crippen LogP contribution in [0.15, 0.2) is 0 Å². The lowest BCUT2D eigenvalue weighted by Crippen LogP contribution is -2.47. The molecule has 0 aliphatic carbocycles. The molecule has 6 heteroatoms. The summed E-state index contributed by atoms with van der Waals surface area (Å²) in [6.07, 6.45) is 0.874. The van der Waals surface area contributed by atoms with Gasteiger partial charge in [0.15, 0.2) is 0 Å². The van der Waals surface area contributed by atoms with E-state index in [1.54, 1.807) is 14.2 Å². The predicted octanol–water partition coefficient (Wildman–Crippen LogP) is -0.565. The molecule has 0 aliphatic heterocycles. The molecule has 3 N–H and O–H groups in total. The number of carbonyl (C=O) groups is 1. The first-order valence-corrected chi connectivity index (χ1v) is 6.37. The average Bonchev–Trinajstić information content (AvgIpc) is 2.38. The van der Waals surface area contributed by atoms with Crippen LogP contribution in [-0.2, 0) is 14.3 Å². The smallest absolute Gasteiger partial charge is 0.237 e. The zero-order chi connectivity index (χ0) is 13.8. The van der Waals surface area contributed by atoms with Gasteiger partial charge in [-0.3, -0.25) is 9.69 Å². The van der Waals surface area contributed by atoms with Crippen LogP contribution in [0, 0.1) is 0 Å². The molecule has 0 fully saturated rings. The van der Waals surface area contributed by atoms with Gasteiger partial charge in [0.25, 0.3) is 0 Å². The van der Waals surface area contributed by atoms with E-state index in [2.05, 4.69) is 10.2 Å². The highest BCUT2D eigenvalue weighted by Gasteiger charge is 2.20. The van der Waals surface area contributed by atoms with E-state index < -0.39 is 0 Å². The van der Waals surface area contributed by atoms with Gasteiger partial charge in [0.1, 0.15) is 0 Å². The summed E-state index contributed by atoms with van der Waals surface area (Å²) in [6.45, 7) is 5.73. The Bertz CT molecular complexity index is 207. The molecule has 0 saturated carbocycles. The first kappa shape index (κ1) is 17.3. The maximum Gasteiger partial charge on any atom is 0.237 e. The number of nitrogens with two attached hydrogens (primary N) is 1. The molecule has 6 nitrogen and oxygen atoms in total. The average molecular weight is 261 g/mol. The van der Waals surface area contributed by atoms with Gasteiger partial charge in [-0.15, -0.1) is 0 Å². The number of nitrogens with zero attached hydrogens (tertiary/aromatic N) is 1. The Balaban J connectivity index is 4.14. The third-order valence-corrected chi connectivity index (χ3v) is 2.76. The van der Waals surface area contributed by atoms with Gasteiger partial charge in [-0.05, 0) is 19.9 Å². The van der Waals surface area contributed by atoms with Crippen LogP contribution < -0.4 is 11.1 Å². The van der Waals surface area contributed by atoms with Crippen molar-refractivity contribution in [2.75, 3.05) is 53.6 Å². The van der Waals surface area contributed by atoms with E-state index in [-0.39, 0.29) is 11.9 Å². The van der Waals surface area contributed by atoms with E-state index in [0.717, 1.165) is 19.5 Å². The molecule has 18 heavy (non-hydrogen) atoms. The second kappa shape index (κ2) is 11.4. The fourth-order valence-electron chi connectivity index (χ4n) is 1.59. The molecule has 0 bridgehead atoms. The molecule has 0 aromatic rings. The second-order valence-corrected chi connectivity index (χ2v) is 4.13. The van der Waals surface area contributed by atoms with E-state index in [1.165, 1.54) is 0 Å². The molecule has 1 amide bonds. The van der Waals surface area contributed by atoms with Gasteiger partial charge in [-0.1, -0.05) is 0 Å². The van der Waals surface area contributed by atoms with Crippen LogP contribution in [0.1, 0.15) is 13.3 Å². The van der Waals surface area contributed by atoms with Crippen molar-refractivity contribution in [3.05, 3.63) is 0 Å². The molecule has 1 unspecified atom stereocenters. The van der Waals surface area contributed by atoms with Crippen molar-refractivity contribution >= 4 is 5.91 Å². The molecule has 108 valence electrons. The third-order valence-electron chi connectivity index (χ3n) is 2.76. The van der Waals surface area contributed by atoms with Crippen molar-refractivity contribution in [3.8, 4) is 0 Å². The maximum absolute atomic E-state index is 11.9.